The Kier molecular flexibility index (Phi) is 6.45. The molecule has 1 nitrogen and oxygen atoms in total. The van der Waals surface area contributed by atoms with Crippen LogP contribution in [0.5, 0.6) is 0 Å². The van der Waals surface area contributed by atoms with Gasteiger partial charge in [0.15, 0.2) is 0 Å². The smallest absolute Gasteiger partial charge is 0.00390 e. The summed E-state index contributed by atoms with van der Waals surface area (Å²) < 4.78 is 0. The Morgan fingerprint density at radius 3 is 1.58 bits per heavy atom. The van der Waals surface area contributed by atoms with E-state index in [2.05, 4.69) is 27.7 Å². The highest BCUT2D eigenvalue weighted by Crippen LogP contribution is 2.21. The maximum Gasteiger partial charge on any atom is 0.00390 e. The molecule has 0 aliphatic heterocycles. The fraction of sp³-hybridized carbons (Fsp3) is 1.00. The highest BCUT2D eigenvalue weighted by atomic mass is 14.6. The van der Waals surface area contributed by atoms with Gasteiger partial charge in [-0.15, -0.1) is 0 Å². The van der Waals surface area contributed by atoms with Crippen LogP contribution in [0.1, 0.15) is 53.4 Å². The van der Waals surface area contributed by atoms with Crippen LogP contribution < -0.4 is 5.73 Å². The molecule has 1 aliphatic carbocycles. The Bertz CT molecular complexity index is 78.4. The van der Waals surface area contributed by atoms with E-state index in [1.807, 2.05) is 0 Å². The summed E-state index contributed by atoms with van der Waals surface area (Å²) >= 11 is 0. The van der Waals surface area contributed by atoms with E-state index >= 15 is 0 Å². The van der Waals surface area contributed by atoms with Crippen molar-refractivity contribution in [1.29, 1.82) is 0 Å². The van der Waals surface area contributed by atoms with Gasteiger partial charge in [-0.25, -0.2) is 0 Å². The van der Waals surface area contributed by atoms with Crippen molar-refractivity contribution in [1.82, 2.24) is 0 Å². The largest absolute Gasteiger partial charge is 0.328 e. The van der Waals surface area contributed by atoms with Crippen LogP contribution in [0.3, 0.4) is 0 Å². The molecule has 1 rings (SSSR count). The average molecular weight is 171 g/mol. The molecular formula is C11H25N. The van der Waals surface area contributed by atoms with Crippen molar-refractivity contribution < 1.29 is 0 Å². The topological polar surface area (TPSA) is 26.0 Å². The van der Waals surface area contributed by atoms with Crippen molar-refractivity contribution in [3.63, 3.8) is 0 Å². The molecule has 0 amide bonds. The van der Waals surface area contributed by atoms with Gasteiger partial charge < -0.3 is 5.73 Å². The molecule has 0 aromatic rings. The quantitative estimate of drug-likeness (QED) is 0.595. The second-order valence-electron chi connectivity index (χ2n) is 4.75. The molecule has 1 saturated carbocycles. The Labute approximate surface area is 77.7 Å². The van der Waals surface area contributed by atoms with Crippen LogP contribution in [0, 0.1) is 11.8 Å². The first-order valence-electron chi connectivity index (χ1n) is 5.28. The van der Waals surface area contributed by atoms with Gasteiger partial charge in [-0.05, 0) is 37.5 Å². The summed E-state index contributed by atoms with van der Waals surface area (Å²) in [5.41, 5.74) is 5.70. The van der Waals surface area contributed by atoms with Crippen molar-refractivity contribution in [2.45, 2.75) is 59.4 Å². The van der Waals surface area contributed by atoms with Crippen LogP contribution >= 0.6 is 0 Å². The maximum absolute atomic E-state index is 5.70. The molecule has 0 aromatic heterocycles. The van der Waals surface area contributed by atoms with E-state index in [9.17, 15) is 0 Å². The first kappa shape index (κ1) is 12.0. The van der Waals surface area contributed by atoms with Crippen LogP contribution in [-0.4, -0.2) is 6.04 Å². The highest BCUT2D eigenvalue weighted by Gasteiger charge is 2.13. The lowest BCUT2D eigenvalue weighted by Crippen LogP contribution is -2.25. The van der Waals surface area contributed by atoms with Gasteiger partial charge in [0.1, 0.15) is 0 Å². The molecule has 0 spiro atoms. The maximum atomic E-state index is 5.70. The van der Waals surface area contributed by atoms with Crippen LogP contribution in [-0.2, 0) is 0 Å². The van der Waals surface area contributed by atoms with Gasteiger partial charge in [0.25, 0.3) is 0 Å². The Hall–Kier alpha value is -0.0400. The highest BCUT2D eigenvalue weighted by molar-refractivity contribution is 4.70. The lowest BCUT2D eigenvalue weighted by atomic mass is 9.88. The fourth-order valence-corrected chi connectivity index (χ4v) is 1.29. The summed E-state index contributed by atoms with van der Waals surface area (Å²) in [7, 11) is 0. The van der Waals surface area contributed by atoms with Gasteiger partial charge in [0.05, 0.1) is 0 Å². The zero-order valence-electron chi connectivity index (χ0n) is 9.14. The van der Waals surface area contributed by atoms with Crippen molar-refractivity contribution in [3.05, 3.63) is 0 Å². The van der Waals surface area contributed by atoms with Gasteiger partial charge in [-0.3, -0.25) is 0 Å². The van der Waals surface area contributed by atoms with Crippen LogP contribution in [0.2, 0.25) is 0 Å². The van der Waals surface area contributed by atoms with Crippen LogP contribution in [0.4, 0.5) is 0 Å². The van der Waals surface area contributed by atoms with Crippen molar-refractivity contribution in [2.75, 3.05) is 0 Å². The standard InChI is InChI=1S/C7H15N.C4H10/c1-6-2-4-7(8)5-3-6;1-4(2)3/h6-7H,2-5,8H2,1H3;4H,1-3H3. The zero-order chi connectivity index (χ0) is 9.56. The third-order valence-electron chi connectivity index (χ3n) is 2.06. The lowest BCUT2D eigenvalue weighted by molar-refractivity contribution is 0.348. The predicted octanol–water partition coefficient (Wildman–Crippen LogP) is 3.19. The first-order chi connectivity index (χ1) is 5.52. The minimum Gasteiger partial charge on any atom is -0.328 e. The number of hydrogen-bond donors (Lipinski definition) is 1. The second kappa shape index (κ2) is 6.47. The molecular weight excluding hydrogens is 146 g/mol. The first-order valence-corrected chi connectivity index (χ1v) is 5.28. The molecule has 0 unspecified atom stereocenters. The summed E-state index contributed by atoms with van der Waals surface area (Å²) in [6, 6.07) is 0.520. The lowest BCUT2D eigenvalue weighted by Gasteiger charge is -2.22. The molecule has 0 bridgehead atoms. The summed E-state index contributed by atoms with van der Waals surface area (Å²) in [6.07, 6.45) is 5.20. The number of nitrogens with two attached hydrogens (primary N) is 1. The number of rotatable bonds is 0. The third kappa shape index (κ3) is 8.06. The molecule has 74 valence electrons. The Balaban J connectivity index is 0.000000261. The monoisotopic (exact) mass is 171 g/mol. The zero-order valence-corrected chi connectivity index (χ0v) is 9.14. The van der Waals surface area contributed by atoms with Gasteiger partial charge in [-0.1, -0.05) is 27.7 Å². The molecule has 12 heavy (non-hydrogen) atoms. The van der Waals surface area contributed by atoms with Crippen molar-refractivity contribution >= 4 is 0 Å². The molecule has 0 saturated heterocycles. The van der Waals surface area contributed by atoms with Gasteiger partial charge in [-0.2, -0.15) is 0 Å². The molecule has 0 radical (unpaired) electrons. The normalized spacial score (nSPS) is 29.5. The van der Waals surface area contributed by atoms with E-state index < -0.39 is 0 Å². The average Bonchev–Trinajstić information content (AvgIpc) is 1.94. The van der Waals surface area contributed by atoms with Gasteiger partial charge in [0, 0.05) is 6.04 Å². The summed E-state index contributed by atoms with van der Waals surface area (Å²) in [5.74, 6) is 1.77. The van der Waals surface area contributed by atoms with Crippen LogP contribution in [0.25, 0.3) is 0 Å². The van der Waals surface area contributed by atoms with Crippen molar-refractivity contribution in [3.8, 4) is 0 Å². The van der Waals surface area contributed by atoms with E-state index in [1.165, 1.54) is 25.7 Å². The summed E-state index contributed by atoms with van der Waals surface area (Å²) in [6.45, 7) is 8.81. The summed E-state index contributed by atoms with van der Waals surface area (Å²) in [5, 5.41) is 0. The predicted molar refractivity (Wildman–Crippen MR) is 56.1 cm³/mol. The van der Waals surface area contributed by atoms with E-state index in [0.29, 0.717) is 6.04 Å². The van der Waals surface area contributed by atoms with Gasteiger partial charge in [0.2, 0.25) is 0 Å². The van der Waals surface area contributed by atoms with E-state index in [0.717, 1.165) is 11.8 Å². The van der Waals surface area contributed by atoms with E-state index in [1.54, 1.807) is 0 Å². The molecule has 2 N–H and O–H groups in total. The number of hydrogen-bond acceptors (Lipinski definition) is 1. The van der Waals surface area contributed by atoms with E-state index in [-0.39, 0.29) is 0 Å². The van der Waals surface area contributed by atoms with Crippen LogP contribution in [0.15, 0.2) is 0 Å². The SMILES string of the molecule is CC(C)C.CC1CCC(N)CC1. The van der Waals surface area contributed by atoms with Crippen molar-refractivity contribution in [2.24, 2.45) is 17.6 Å². The third-order valence-corrected chi connectivity index (χ3v) is 2.06. The second-order valence-corrected chi connectivity index (χ2v) is 4.75. The minimum absolute atomic E-state index is 0.520. The Morgan fingerprint density at radius 1 is 1.00 bits per heavy atom. The molecule has 1 heteroatoms. The summed E-state index contributed by atoms with van der Waals surface area (Å²) in [4.78, 5) is 0. The molecule has 0 aromatic carbocycles. The minimum atomic E-state index is 0.520. The Morgan fingerprint density at radius 2 is 1.33 bits per heavy atom. The molecule has 1 fully saturated rings. The molecule has 1 aliphatic rings. The fourth-order valence-electron chi connectivity index (χ4n) is 1.29. The molecule has 0 heterocycles. The molecule has 0 atom stereocenters. The van der Waals surface area contributed by atoms with E-state index in [4.69, 9.17) is 5.73 Å². The van der Waals surface area contributed by atoms with Gasteiger partial charge >= 0.3 is 0 Å².